The first-order chi connectivity index (χ1) is 12.6. The van der Waals surface area contributed by atoms with Gasteiger partial charge in [-0.15, -0.1) is 0 Å². The van der Waals surface area contributed by atoms with Gasteiger partial charge in [-0.25, -0.2) is 9.78 Å². The van der Waals surface area contributed by atoms with Gasteiger partial charge in [0.15, 0.2) is 0 Å². The molecule has 0 spiro atoms. The Morgan fingerprint density at radius 2 is 2.00 bits per heavy atom. The predicted octanol–water partition coefficient (Wildman–Crippen LogP) is 2.20. The first-order valence-corrected chi connectivity index (χ1v) is 8.47. The van der Waals surface area contributed by atoms with Crippen LogP contribution in [0.2, 0.25) is 0 Å². The van der Waals surface area contributed by atoms with Crippen molar-refractivity contribution in [2.24, 2.45) is 5.73 Å². The van der Waals surface area contributed by atoms with E-state index in [4.69, 9.17) is 20.6 Å². The summed E-state index contributed by atoms with van der Waals surface area (Å²) in [6.45, 7) is 1.65. The fourth-order valence-corrected chi connectivity index (χ4v) is 2.94. The first-order valence-electron chi connectivity index (χ1n) is 8.47. The highest BCUT2D eigenvalue weighted by molar-refractivity contribution is 5.94. The van der Waals surface area contributed by atoms with Gasteiger partial charge < -0.3 is 20.1 Å². The molecule has 1 fully saturated rings. The summed E-state index contributed by atoms with van der Waals surface area (Å²) < 4.78 is 10.8. The molecule has 7 heteroatoms. The summed E-state index contributed by atoms with van der Waals surface area (Å²) in [4.78, 5) is 18.2. The quantitative estimate of drug-likeness (QED) is 0.485. The zero-order valence-electron chi connectivity index (χ0n) is 14.6. The van der Waals surface area contributed by atoms with Crippen LogP contribution in [0, 0.1) is 5.41 Å². The molecule has 0 radical (unpaired) electrons. The third-order valence-corrected chi connectivity index (χ3v) is 4.38. The molecule has 3 rings (SSSR count). The van der Waals surface area contributed by atoms with Gasteiger partial charge in [-0.05, 0) is 30.3 Å². The van der Waals surface area contributed by atoms with Gasteiger partial charge in [0.25, 0.3) is 0 Å². The van der Waals surface area contributed by atoms with Crippen LogP contribution in [0.15, 0.2) is 42.6 Å². The molecule has 0 atom stereocenters. The molecule has 0 bridgehead atoms. The largest absolute Gasteiger partial charge is 0.490 e. The number of aromatic nitrogens is 1. The van der Waals surface area contributed by atoms with Crippen molar-refractivity contribution in [3.63, 3.8) is 0 Å². The van der Waals surface area contributed by atoms with E-state index in [9.17, 15) is 4.79 Å². The second-order valence-corrected chi connectivity index (χ2v) is 6.14. The van der Waals surface area contributed by atoms with Crippen molar-refractivity contribution in [3.05, 3.63) is 53.7 Å². The highest BCUT2D eigenvalue weighted by Crippen LogP contribution is 2.23. The van der Waals surface area contributed by atoms with E-state index < -0.39 is 0 Å². The van der Waals surface area contributed by atoms with Crippen LogP contribution in [-0.4, -0.2) is 43.1 Å². The Kier molecular flexibility index (Phi) is 5.36. The Bertz CT molecular complexity index is 784. The fourth-order valence-electron chi connectivity index (χ4n) is 2.94. The van der Waals surface area contributed by atoms with Crippen molar-refractivity contribution in [1.82, 2.24) is 4.98 Å². The summed E-state index contributed by atoms with van der Waals surface area (Å²) in [5.41, 5.74) is 6.56. The summed E-state index contributed by atoms with van der Waals surface area (Å²) in [5.74, 6) is 1.20. The zero-order valence-corrected chi connectivity index (χ0v) is 14.6. The molecule has 3 N–H and O–H groups in total. The van der Waals surface area contributed by atoms with Gasteiger partial charge in [0, 0.05) is 37.7 Å². The number of pyridine rings is 1. The normalized spacial score (nSPS) is 14.7. The molecule has 26 heavy (non-hydrogen) atoms. The minimum atomic E-state index is -0.370. The van der Waals surface area contributed by atoms with Gasteiger partial charge in [0.05, 0.1) is 12.7 Å². The lowest BCUT2D eigenvalue weighted by molar-refractivity contribution is 0.0599. The van der Waals surface area contributed by atoms with E-state index >= 15 is 0 Å². The van der Waals surface area contributed by atoms with Gasteiger partial charge in [-0.1, -0.05) is 6.07 Å². The van der Waals surface area contributed by atoms with E-state index in [2.05, 4.69) is 9.88 Å². The molecule has 2 aromatic rings. The number of carbonyl (C=O) groups is 1. The Hall–Kier alpha value is -3.09. The maximum absolute atomic E-state index is 11.6. The number of nitrogens with one attached hydrogen (secondary N) is 1. The van der Waals surface area contributed by atoms with E-state index in [1.165, 1.54) is 7.11 Å². The number of rotatable bonds is 5. The minimum Gasteiger partial charge on any atom is -0.490 e. The lowest BCUT2D eigenvalue weighted by Crippen LogP contribution is -2.38. The van der Waals surface area contributed by atoms with Gasteiger partial charge >= 0.3 is 5.97 Å². The third kappa shape index (κ3) is 4.11. The van der Waals surface area contributed by atoms with Crippen LogP contribution in [0.25, 0.3) is 0 Å². The molecule has 1 aromatic carbocycles. The second-order valence-electron chi connectivity index (χ2n) is 6.14. The number of amidine groups is 1. The third-order valence-electron chi connectivity index (χ3n) is 4.38. The summed E-state index contributed by atoms with van der Waals surface area (Å²) in [6, 6.07) is 10.7. The molecule has 136 valence electrons. The van der Waals surface area contributed by atoms with Crippen molar-refractivity contribution in [2.45, 2.75) is 18.9 Å². The molecule has 1 saturated heterocycles. The number of benzene rings is 1. The van der Waals surface area contributed by atoms with E-state index in [1.807, 2.05) is 18.2 Å². The number of esters is 1. The smallest absolute Gasteiger partial charge is 0.337 e. The van der Waals surface area contributed by atoms with Crippen molar-refractivity contribution >= 4 is 17.6 Å². The maximum Gasteiger partial charge on any atom is 0.337 e. The molecular weight excluding hydrogens is 332 g/mol. The molecule has 0 unspecified atom stereocenters. The average Bonchev–Trinajstić information content (AvgIpc) is 2.68. The molecule has 0 saturated carbocycles. The van der Waals surface area contributed by atoms with Crippen LogP contribution in [0.1, 0.15) is 28.8 Å². The summed E-state index contributed by atoms with van der Waals surface area (Å²) in [5, 5.41) is 7.42. The lowest BCUT2D eigenvalue weighted by Gasteiger charge is -2.33. The number of nitrogens with zero attached hydrogens (tertiary/aromatic N) is 2. The Labute approximate surface area is 152 Å². The number of methoxy groups -OCH3 is 1. The number of nitrogens with two attached hydrogens (primary N) is 1. The van der Waals surface area contributed by atoms with Crippen molar-refractivity contribution in [3.8, 4) is 5.75 Å². The molecular formula is C19H22N4O3. The number of anilines is 1. The van der Waals surface area contributed by atoms with E-state index in [0.29, 0.717) is 16.9 Å². The average molecular weight is 354 g/mol. The van der Waals surface area contributed by atoms with Crippen molar-refractivity contribution < 1.29 is 14.3 Å². The Balaban J connectivity index is 1.57. The topological polar surface area (TPSA) is 102 Å². The summed E-state index contributed by atoms with van der Waals surface area (Å²) in [7, 11) is 1.36. The maximum atomic E-state index is 11.6. The molecule has 0 aliphatic carbocycles. The lowest BCUT2D eigenvalue weighted by atomic mass is 10.1. The molecule has 1 aliphatic rings. The van der Waals surface area contributed by atoms with Crippen molar-refractivity contribution in [1.29, 1.82) is 5.41 Å². The number of nitrogen functional groups attached to an aromatic ring is 1. The predicted molar refractivity (Wildman–Crippen MR) is 98.9 cm³/mol. The molecule has 7 nitrogen and oxygen atoms in total. The van der Waals surface area contributed by atoms with Crippen LogP contribution >= 0.6 is 0 Å². The standard InChI is InChI=1S/C19H22N4O3/c1-25-19(24)13-3-2-4-16(11-13)26-15-7-9-23(10-8-15)17-6-5-14(12-22-17)18(20)21/h2-6,11-12,15H,7-10H2,1H3,(H3,20,21). The summed E-state index contributed by atoms with van der Waals surface area (Å²) >= 11 is 0. The number of hydrogen-bond donors (Lipinski definition) is 2. The number of carbonyl (C=O) groups excluding carboxylic acids is 1. The zero-order chi connectivity index (χ0) is 18.5. The summed E-state index contributed by atoms with van der Waals surface area (Å²) in [6.07, 6.45) is 3.44. The highest BCUT2D eigenvalue weighted by atomic mass is 16.5. The van der Waals surface area contributed by atoms with Gasteiger partial charge in [-0.3, -0.25) is 5.41 Å². The number of ether oxygens (including phenoxy) is 2. The van der Waals surface area contributed by atoms with Gasteiger partial charge in [0.1, 0.15) is 23.5 Å². The monoisotopic (exact) mass is 354 g/mol. The minimum absolute atomic E-state index is 0.0188. The van der Waals surface area contributed by atoms with E-state index in [1.54, 1.807) is 24.4 Å². The van der Waals surface area contributed by atoms with Crippen LogP contribution in [-0.2, 0) is 4.74 Å². The van der Waals surface area contributed by atoms with Crippen LogP contribution < -0.4 is 15.4 Å². The molecule has 1 aromatic heterocycles. The number of hydrogen-bond acceptors (Lipinski definition) is 6. The van der Waals surface area contributed by atoms with E-state index in [0.717, 1.165) is 31.7 Å². The number of piperidine rings is 1. The van der Waals surface area contributed by atoms with E-state index in [-0.39, 0.29) is 17.9 Å². The molecule has 2 heterocycles. The Morgan fingerprint density at radius 1 is 1.23 bits per heavy atom. The van der Waals surface area contributed by atoms with Crippen LogP contribution in [0.3, 0.4) is 0 Å². The van der Waals surface area contributed by atoms with Gasteiger partial charge in [0.2, 0.25) is 0 Å². The second kappa shape index (κ2) is 7.86. The SMILES string of the molecule is COC(=O)c1cccc(OC2CCN(c3ccc(C(=N)N)cn3)CC2)c1. The van der Waals surface area contributed by atoms with Crippen molar-refractivity contribution in [2.75, 3.05) is 25.1 Å². The van der Waals surface area contributed by atoms with Gasteiger partial charge in [-0.2, -0.15) is 0 Å². The van der Waals surface area contributed by atoms with Crippen LogP contribution in [0.5, 0.6) is 5.75 Å². The van der Waals surface area contributed by atoms with Crippen LogP contribution in [0.4, 0.5) is 5.82 Å². The molecule has 0 amide bonds. The highest BCUT2D eigenvalue weighted by Gasteiger charge is 2.22. The Morgan fingerprint density at radius 3 is 2.62 bits per heavy atom. The first kappa shape index (κ1) is 17.7. The molecule has 1 aliphatic heterocycles. The fraction of sp³-hybridized carbons (Fsp3) is 0.316.